The van der Waals surface area contributed by atoms with Gasteiger partial charge in [-0.2, -0.15) is 0 Å². The van der Waals surface area contributed by atoms with Crippen molar-refractivity contribution in [2.45, 2.75) is 32.2 Å². The van der Waals surface area contributed by atoms with Crippen LogP contribution in [0.25, 0.3) is 0 Å². The number of alkyl carbamates (subject to hydrolysis) is 1. The van der Waals surface area contributed by atoms with Crippen molar-refractivity contribution in [3.05, 3.63) is 0 Å². The first kappa shape index (κ1) is 13.0. The van der Waals surface area contributed by atoms with Crippen molar-refractivity contribution in [1.82, 2.24) is 5.32 Å². The van der Waals surface area contributed by atoms with E-state index in [1.165, 1.54) is 7.11 Å². The van der Waals surface area contributed by atoms with Crippen LogP contribution in [-0.4, -0.2) is 38.2 Å². The van der Waals surface area contributed by atoms with E-state index in [1.54, 1.807) is 6.92 Å². The van der Waals surface area contributed by atoms with Gasteiger partial charge in [0.2, 0.25) is 0 Å². The number of carbonyl (C=O) groups is 2. The van der Waals surface area contributed by atoms with Crippen molar-refractivity contribution in [3.63, 3.8) is 0 Å². The van der Waals surface area contributed by atoms with Crippen LogP contribution in [0, 0.1) is 5.92 Å². The Bertz CT molecular complexity index is 248. The fourth-order valence-corrected chi connectivity index (χ4v) is 1.92. The number of Topliss-reactive ketones (excluding diaryl/α,β-unsaturated/α-hetero) is 1. The lowest BCUT2D eigenvalue weighted by atomic mass is 9.88. The fraction of sp³-hybridized carbons (Fsp3) is 0.818. The lowest BCUT2D eigenvalue weighted by Crippen LogP contribution is -2.47. The van der Waals surface area contributed by atoms with Crippen molar-refractivity contribution < 1.29 is 19.1 Å². The van der Waals surface area contributed by atoms with Gasteiger partial charge in [-0.1, -0.05) is 6.92 Å². The zero-order chi connectivity index (χ0) is 12.0. The van der Waals surface area contributed by atoms with Gasteiger partial charge < -0.3 is 14.8 Å². The van der Waals surface area contributed by atoms with Gasteiger partial charge in [-0.3, -0.25) is 4.79 Å². The third kappa shape index (κ3) is 3.48. The van der Waals surface area contributed by atoms with E-state index in [-0.39, 0.29) is 11.7 Å². The van der Waals surface area contributed by atoms with Crippen LogP contribution < -0.4 is 5.32 Å². The molecule has 1 saturated heterocycles. The Morgan fingerprint density at radius 3 is 2.56 bits per heavy atom. The second-order valence-electron chi connectivity index (χ2n) is 3.88. The SMILES string of the molecule is CCC(=O)[C@H](NC(=O)OC)C1CCOCC1. The molecule has 1 atom stereocenters. The quantitative estimate of drug-likeness (QED) is 0.784. The van der Waals surface area contributed by atoms with E-state index in [0.717, 1.165) is 12.8 Å². The maximum absolute atomic E-state index is 11.8. The zero-order valence-corrected chi connectivity index (χ0v) is 9.82. The second-order valence-corrected chi connectivity index (χ2v) is 3.88. The molecule has 0 aliphatic carbocycles. The van der Waals surface area contributed by atoms with E-state index in [9.17, 15) is 9.59 Å². The Morgan fingerprint density at radius 1 is 1.44 bits per heavy atom. The second kappa shape index (κ2) is 6.48. The van der Waals surface area contributed by atoms with Gasteiger partial charge in [0.25, 0.3) is 0 Å². The third-order valence-electron chi connectivity index (χ3n) is 2.89. The van der Waals surface area contributed by atoms with Crippen molar-refractivity contribution >= 4 is 11.9 Å². The minimum Gasteiger partial charge on any atom is -0.453 e. The predicted molar refractivity (Wildman–Crippen MR) is 58.2 cm³/mol. The molecule has 5 heteroatoms. The van der Waals surface area contributed by atoms with Crippen LogP contribution in [0.5, 0.6) is 0 Å². The minimum absolute atomic E-state index is 0.0531. The summed E-state index contributed by atoms with van der Waals surface area (Å²) >= 11 is 0. The molecule has 0 aromatic heterocycles. The smallest absolute Gasteiger partial charge is 0.407 e. The molecule has 1 N–H and O–H groups in total. The first-order chi connectivity index (χ1) is 7.69. The van der Waals surface area contributed by atoms with Crippen molar-refractivity contribution in [2.24, 2.45) is 5.92 Å². The highest BCUT2D eigenvalue weighted by atomic mass is 16.5. The van der Waals surface area contributed by atoms with Gasteiger partial charge in [-0.05, 0) is 18.8 Å². The van der Waals surface area contributed by atoms with Crippen LogP contribution in [0.4, 0.5) is 4.79 Å². The Morgan fingerprint density at radius 2 is 2.06 bits per heavy atom. The highest BCUT2D eigenvalue weighted by Gasteiger charge is 2.30. The van der Waals surface area contributed by atoms with Gasteiger partial charge in [0.1, 0.15) is 0 Å². The first-order valence-corrected chi connectivity index (χ1v) is 5.64. The molecule has 0 unspecified atom stereocenters. The van der Waals surface area contributed by atoms with E-state index >= 15 is 0 Å². The van der Waals surface area contributed by atoms with Crippen LogP contribution in [0.3, 0.4) is 0 Å². The van der Waals surface area contributed by atoms with Gasteiger partial charge in [0, 0.05) is 19.6 Å². The van der Waals surface area contributed by atoms with Gasteiger partial charge >= 0.3 is 6.09 Å². The van der Waals surface area contributed by atoms with Crippen molar-refractivity contribution in [3.8, 4) is 0 Å². The average molecular weight is 229 g/mol. The molecule has 0 spiro atoms. The molecule has 0 saturated carbocycles. The number of carbonyl (C=O) groups excluding carboxylic acids is 2. The van der Waals surface area contributed by atoms with Crippen molar-refractivity contribution in [2.75, 3.05) is 20.3 Å². The van der Waals surface area contributed by atoms with Crippen molar-refractivity contribution in [1.29, 1.82) is 0 Å². The molecule has 0 aromatic rings. The molecule has 1 fully saturated rings. The van der Waals surface area contributed by atoms with Gasteiger partial charge in [0.15, 0.2) is 5.78 Å². The molecule has 1 heterocycles. The summed E-state index contributed by atoms with van der Waals surface area (Å²) in [5.41, 5.74) is 0. The molecule has 0 aromatic carbocycles. The lowest BCUT2D eigenvalue weighted by molar-refractivity contribution is -0.122. The van der Waals surface area contributed by atoms with Crippen LogP contribution in [0.15, 0.2) is 0 Å². The summed E-state index contributed by atoms with van der Waals surface area (Å²) in [7, 11) is 1.30. The Balaban J connectivity index is 2.61. The average Bonchev–Trinajstić information content (AvgIpc) is 2.35. The summed E-state index contributed by atoms with van der Waals surface area (Å²) in [4.78, 5) is 22.9. The number of hydrogen-bond donors (Lipinski definition) is 1. The summed E-state index contributed by atoms with van der Waals surface area (Å²) < 4.78 is 9.77. The Labute approximate surface area is 95.5 Å². The van der Waals surface area contributed by atoms with Gasteiger partial charge in [-0.15, -0.1) is 0 Å². The largest absolute Gasteiger partial charge is 0.453 e. The standard InChI is InChI=1S/C11H19NO4/c1-3-9(13)10(12-11(14)15-2)8-4-6-16-7-5-8/h8,10H,3-7H2,1-2H3,(H,12,14)/t10-/m1/s1. The molecule has 92 valence electrons. The monoisotopic (exact) mass is 229 g/mol. The molecule has 1 aliphatic rings. The fourth-order valence-electron chi connectivity index (χ4n) is 1.92. The Hall–Kier alpha value is -1.10. The number of ketones is 1. The highest BCUT2D eigenvalue weighted by Crippen LogP contribution is 2.20. The van der Waals surface area contributed by atoms with Gasteiger partial charge in [0.05, 0.1) is 13.2 Å². The topological polar surface area (TPSA) is 64.6 Å². The molecular weight excluding hydrogens is 210 g/mol. The summed E-state index contributed by atoms with van der Waals surface area (Å²) in [6, 6.07) is -0.429. The van der Waals surface area contributed by atoms with E-state index in [4.69, 9.17) is 4.74 Å². The summed E-state index contributed by atoms with van der Waals surface area (Å²) in [5.74, 6) is 0.220. The number of nitrogens with one attached hydrogen (secondary N) is 1. The maximum Gasteiger partial charge on any atom is 0.407 e. The highest BCUT2D eigenvalue weighted by molar-refractivity contribution is 5.87. The lowest BCUT2D eigenvalue weighted by Gasteiger charge is -2.29. The normalized spacial score (nSPS) is 18.9. The molecule has 0 bridgehead atoms. The van der Waals surface area contributed by atoms with E-state index in [0.29, 0.717) is 19.6 Å². The van der Waals surface area contributed by atoms with E-state index < -0.39 is 12.1 Å². The number of hydrogen-bond acceptors (Lipinski definition) is 4. The Kier molecular flexibility index (Phi) is 5.25. The molecule has 0 radical (unpaired) electrons. The molecule has 16 heavy (non-hydrogen) atoms. The van der Waals surface area contributed by atoms with Crippen LogP contribution in [0.2, 0.25) is 0 Å². The summed E-state index contributed by atoms with van der Waals surface area (Å²) in [6.45, 7) is 3.11. The summed E-state index contributed by atoms with van der Waals surface area (Å²) in [6.07, 6.45) is 1.49. The zero-order valence-electron chi connectivity index (χ0n) is 9.82. The van der Waals surface area contributed by atoms with Crippen LogP contribution in [0.1, 0.15) is 26.2 Å². The number of rotatable bonds is 4. The number of ether oxygens (including phenoxy) is 2. The van der Waals surface area contributed by atoms with E-state index in [1.807, 2.05) is 0 Å². The first-order valence-electron chi connectivity index (χ1n) is 5.64. The number of amides is 1. The third-order valence-corrected chi connectivity index (χ3v) is 2.89. The minimum atomic E-state index is -0.543. The number of methoxy groups -OCH3 is 1. The molecule has 1 amide bonds. The predicted octanol–water partition coefficient (Wildman–Crippen LogP) is 1.12. The molecule has 5 nitrogen and oxygen atoms in total. The van der Waals surface area contributed by atoms with Crippen LogP contribution >= 0.6 is 0 Å². The molecule has 1 rings (SSSR count). The molecule has 1 aliphatic heterocycles. The summed E-state index contributed by atoms with van der Waals surface area (Å²) in [5, 5.41) is 2.62. The van der Waals surface area contributed by atoms with Gasteiger partial charge in [-0.25, -0.2) is 4.79 Å². The van der Waals surface area contributed by atoms with E-state index in [2.05, 4.69) is 10.1 Å². The van der Waals surface area contributed by atoms with Crippen LogP contribution in [-0.2, 0) is 14.3 Å². The molecular formula is C11H19NO4. The maximum atomic E-state index is 11.8.